The third kappa shape index (κ3) is 3.33. The molecule has 4 nitrogen and oxygen atoms in total. The van der Waals surface area contributed by atoms with E-state index in [0.717, 1.165) is 6.92 Å². The molecule has 1 amide bonds. The average molecular weight is 271 g/mol. The molecule has 1 heterocycles. The van der Waals surface area contributed by atoms with Crippen LogP contribution in [0, 0.1) is 11.3 Å². The minimum absolute atomic E-state index is 0.0371. The number of pyridine rings is 1. The summed E-state index contributed by atoms with van der Waals surface area (Å²) in [6, 6.07) is 6.25. The minimum Gasteiger partial charge on any atom is -0.333 e. The number of halogens is 1. The van der Waals surface area contributed by atoms with E-state index in [4.69, 9.17) is 9.37 Å². The number of rotatable bonds is 2. The first kappa shape index (κ1) is 7.83. The largest absolute Gasteiger partial charge is 0.333 e. The highest BCUT2D eigenvalue weighted by atomic mass is 79.9. The summed E-state index contributed by atoms with van der Waals surface area (Å²) in [7, 11) is 0. The molecule has 15 heavy (non-hydrogen) atoms. The van der Waals surface area contributed by atoms with Crippen LogP contribution in [0.2, 0.25) is 0 Å². The molecule has 0 bridgehead atoms. The van der Waals surface area contributed by atoms with Crippen LogP contribution in [-0.4, -0.2) is 16.4 Å². The molecule has 0 spiro atoms. The van der Waals surface area contributed by atoms with Gasteiger partial charge in [-0.15, -0.1) is 0 Å². The highest BCUT2D eigenvalue weighted by molar-refractivity contribution is 9.10. The minimum atomic E-state index is -2.62. The first-order chi connectivity index (χ1) is 8.19. The Hall–Kier alpha value is -1.41. The molecule has 78 valence electrons. The lowest BCUT2D eigenvalue weighted by Gasteiger charge is -2.16. The smallest absolute Gasteiger partial charge is 0.271 e. The Balaban J connectivity index is 2.98. The molecule has 5 heteroatoms. The second-order valence-corrected chi connectivity index (χ2v) is 3.85. The number of nitriles is 1. The van der Waals surface area contributed by atoms with Crippen molar-refractivity contribution in [3.8, 4) is 6.07 Å². The Morgan fingerprint density at radius 2 is 2.53 bits per heavy atom. The third-order valence-electron chi connectivity index (χ3n) is 1.53. The van der Waals surface area contributed by atoms with E-state index in [1.165, 1.54) is 6.07 Å². The van der Waals surface area contributed by atoms with Crippen LogP contribution < -0.4 is 5.32 Å². The van der Waals surface area contributed by atoms with Gasteiger partial charge in [0, 0.05) is 4.11 Å². The fourth-order valence-electron chi connectivity index (χ4n) is 0.854. The van der Waals surface area contributed by atoms with E-state index in [0.29, 0.717) is 4.60 Å². The first-order valence-corrected chi connectivity index (χ1v) is 4.85. The summed E-state index contributed by atoms with van der Waals surface area (Å²) in [5.41, 5.74) is -1.91. The van der Waals surface area contributed by atoms with E-state index in [1.807, 2.05) is 0 Å². The van der Waals surface area contributed by atoms with E-state index < -0.39 is 18.3 Å². The summed E-state index contributed by atoms with van der Waals surface area (Å²) in [6.45, 7) is -1.47. The maximum absolute atomic E-state index is 11.8. The summed E-state index contributed by atoms with van der Waals surface area (Å²) in [6.07, 6.45) is 0. The molecule has 1 unspecified atom stereocenters. The van der Waals surface area contributed by atoms with Gasteiger partial charge in [0.05, 0.1) is 6.07 Å². The number of nitrogens with one attached hydrogen (secondary N) is 1. The zero-order chi connectivity index (χ0) is 14.0. The van der Waals surface area contributed by atoms with Gasteiger partial charge in [-0.1, -0.05) is 6.07 Å². The summed E-state index contributed by atoms with van der Waals surface area (Å²) in [5.74, 6) is -0.712. The van der Waals surface area contributed by atoms with Gasteiger partial charge in [0.25, 0.3) is 5.91 Å². The summed E-state index contributed by atoms with van der Waals surface area (Å²) in [5, 5.41) is 11.1. The maximum atomic E-state index is 11.8. The second kappa shape index (κ2) is 4.41. The van der Waals surface area contributed by atoms with Crippen LogP contribution in [0.1, 0.15) is 28.4 Å². The van der Waals surface area contributed by atoms with Crippen molar-refractivity contribution in [3.63, 3.8) is 0 Å². The number of carbonyl (C=O) groups is 1. The first-order valence-electron chi connectivity index (χ1n) is 5.56. The molecule has 1 rings (SSSR count). The predicted molar refractivity (Wildman–Crippen MR) is 59.1 cm³/mol. The van der Waals surface area contributed by atoms with Gasteiger partial charge in [-0.2, -0.15) is 5.26 Å². The lowest BCUT2D eigenvalue weighted by Crippen LogP contribution is -2.42. The van der Waals surface area contributed by atoms with Gasteiger partial charge in [0.15, 0.2) is 0 Å². The van der Waals surface area contributed by atoms with Crippen molar-refractivity contribution in [3.05, 3.63) is 28.5 Å². The van der Waals surface area contributed by atoms with Crippen LogP contribution in [0.15, 0.2) is 22.8 Å². The monoisotopic (exact) mass is 270 g/mol. The number of hydrogen-bond donors (Lipinski definition) is 1. The summed E-state index contributed by atoms with van der Waals surface area (Å²) >= 11 is 3.10. The van der Waals surface area contributed by atoms with Crippen LogP contribution in [0.3, 0.4) is 0 Å². The summed E-state index contributed by atoms with van der Waals surface area (Å²) < 4.78 is 22.2. The fraction of sp³-hybridized carbons (Fsp3) is 0.300. The van der Waals surface area contributed by atoms with E-state index in [-0.39, 0.29) is 5.69 Å². The molecule has 0 radical (unpaired) electrons. The van der Waals surface area contributed by atoms with Crippen molar-refractivity contribution < 1.29 is 8.91 Å². The molecule has 0 aliphatic carbocycles. The fourth-order valence-corrected chi connectivity index (χ4v) is 1.20. The van der Waals surface area contributed by atoms with Crippen molar-refractivity contribution in [2.45, 2.75) is 19.3 Å². The van der Waals surface area contributed by atoms with Gasteiger partial charge >= 0.3 is 0 Å². The Morgan fingerprint density at radius 1 is 1.80 bits per heavy atom. The topological polar surface area (TPSA) is 65.8 Å². The zero-order valence-electron chi connectivity index (χ0n) is 10.9. The second-order valence-electron chi connectivity index (χ2n) is 3.04. The van der Waals surface area contributed by atoms with Gasteiger partial charge < -0.3 is 5.32 Å². The Labute approximate surface area is 101 Å². The average Bonchev–Trinajstić information content (AvgIpc) is 2.27. The van der Waals surface area contributed by atoms with Crippen molar-refractivity contribution in [1.82, 2.24) is 10.3 Å². The molecule has 0 saturated heterocycles. The van der Waals surface area contributed by atoms with Gasteiger partial charge in [0.1, 0.15) is 15.8 Å². The zero-order valence-corrected chi connectivity index (χ0v) is 9.50. The molecule has 0 fully saturated rings. The summed E-state index contributed by atoms with van der Waals surface area (Å²) in [4.78, 5) is 15.7. The van der Waals surface area contributed by atoms with Gasteiger partial charge in [-0.05, 0) is 41.8 Å². The SMILES string of the molecule is [2H]C([2H])([2H])C(C)(C#N)NC(=O)c1cccc(Br)n1. The van der Waals surface area contributed by atoms with E-state index >= 15 is 0 Å². The van der Waals surface area contributed by atoms with Crippen molar-refractivity contribution in [2.24, 2.45) is 0 Å². The van der Waals surface area contributed by atoms with Gasteiger partial charge in [-0.3, -0.25) is 4.79 Å². The highest BCUT2D eigenvalue weighted by Crippen LogP contribution is 2.07. The van der Waals surface area contributed by atoms with E-state index in [9.17, 15) is 4.79 Å². The molecule has 0 saturated carbocycles. The molecular formula is C10H10BrN3O. The normalized spacial score (nSPS) is 17.5. The van der Waals surface area contributed by atoms with E-state index in [2.05, 4.69) is 26.2 Å². The standard InChI is InChI=1S/C10H10BrN3O/c1-10(2,6-12)14-9(15)7-4-3-5-8(11)13-7/h3-5H,1-2H3,(H,14,15)/i1D3. The van der Waals surface area contributed by atoms with Gasteiger partial charge in [0.2, 0.25) is 0 Å². The van der Waals surface area contributed by atoms with Crippen LogP contribution in [0.5, 0.6) is 0 Å². The van der Waals surface area contributed by atoms with Crippen molar-refractivity contribution >= 4 is 21.8 Å². The number of aromatic nitrogens is 1. The van der Waals surface area contributed by atoms with Gasteiger partial charge in [-0.25, -0.2) is 4.98 Å². The number of amides is 1. The number of carbonyl (C=O) groups excluding carboxylic acids is 1. The predicted octanol–water partition coefficient (Wildman–Crippen LogP) is 1.88. The van der Waals surface area contributed by atoms with Crippen molar-refractivity contribution in [2.75, 3.05) is 0 Å². The number of hydrogen-bond acceptors (Lipinski definition) is 3. The van der Waals surface area contributed by atoms with Crippen molar-refractivity contribution in [1.29, 1.82) is 5.26 Å². The van der Waals surface area contributed by atoms with Crippen LogP contribution >= 0.6 is 15.9 Å². The van der Waals surface area contributed by atoms with Crippen LogP contribution in [0.4, 0.5) is 0 Å². The molecule has 1 atom stereocenters. The lowest BCUT2D eigenvalue weighted by atomic mass is 10.1. The number of nitrogens with zero attached hydrogens (tertiary/aromatic N) is 2. The lowest BCUT2D eigenvalue weighted by molar-refractivity contribution is 0.0924. The third-order valence-corrected chi connectivity index (χ3v) is 1.98. The van der Waals surface area contributed by atoms with Crippen LogP contribution in [0.25, 0.3) is 0 Å². The molecule has 1 aromatic rings. The van der Waals surface area contributed by atoms with Crippen LogP contribution in [-0.2, 0) is 0 Å². The maximum Gasteiger partial charge on any atom is 0.271 e. The molecule has 0 aromatic carbocycles. The molecule has 0 aliphatic heterocycles. The molecule has 0 aliphatic rings. The molecular weight excluding hydrogens is 258 g/mol. The molecule has 1 aromatic heterocycles. The van der Waals surface area contributed by atoms with E-state index in [1.54, 1.807) is 18.2 Å². The Morgan fingerprint density at radius 3 is 3.07 bits per heavy atom. The highest BCUT2D eigenvalue weighted by Gasteiger charge is 2.20. The quantitative estimate of drug-likeness (QED) is 0.835. The Bertz CT molecular complexity index is 512. The Kier molecular flexibility index (Phi) is 2.30. The molecule has 1 N–H and O–H groups in total.